The minimum Gasteiger partial charge on any atom is -0.370 e. The number of halogens is 2. The van der Waals surface area contributed by atoms with Crippen LogP contribution >= 0.6 is 15.9 Å². The molecule has 0 radical (unpaired) electrons. The van der Waals surface area contributed by atoms with Crippen molar-refractivity contribution in [3.63, 3.8) is 0 Å². The summed E-state index contributed by atoms with van der Waals surface area (Å²) in [4.78, 5) is 16.5. The van der Waals surface area contributed by atoms with E-state index in [4.69, 9.17) is 0 Å². The van der Waals surface area contributed by atoms with Crippen molar-refractivity contribution in [1.29, 1.82) is 0 Å². The van der Waals surface area contributed by atoms with Gasteiger partial charge < -0.3 is 10.6 Å². The maximum atomic E-state index is 13.7. The zero-order valence-electron chi connectivity index (χ0n) is 11.7. The van der Waals surface area contributed by atoms with Crippen LogP contribution in [0, 0.1) is 12.7 Å². The molecular weight excluding hydrogens is 337 g/mol. The van der Waals surface area contributed by atoms with E-state index in [9.17, 15) is 9.18 Å². The second-order valence-electron chi connectivity index (χ2n) is 4.49. The smallest absolute Gasteiger partial charge is 0.255 e. The van der Waals surface area contributed by atoms with Gasteiger partial charge in [-0.2, -0.15) is 0 Å². The topological polar surface area (TPSA) is 54.0 Å². The lowest BCUT2D eigenvalue weighted by molar-refractivity contribution is 0.102. The molecule has 0 aliphatic carbocycles. The van der Waals surface area contributed by atoms with Gasteiger partial charge in [0.15, 0.2) is 0 Å². The number of hydrogen-bond acceptors (Lipinski definition) is 3. The van der Waals surface area contributed by atoms with Gasteiger partial charge in [0.2, 0.25) is 0 Å². The van der Waals surface area contributed by atoms with Crippen molar-refractivity contribution in [2.75, 3.05) is 17.2 Å². The maximum absolute atomic E-state index is 13.7. The van der Waals surface area contributed by atoms with Gasteiger partial charge in [0.25, 0.3) is 5.91 Å². The van der Waals surface area contributed by atoms with E-state index in [1.165, 1.54) is 12.1 Å². The third kappa shape index (κ3) is 4.01. The van der Waals surface area contributed by atoms with E-state index in [1.807, 2.05) is 6.92 Å². The van der Waals surface area contributed by atoms with Gasteiger partial charge in [-0.1, -0.05) is 15.9 Å². The minimum atomic E-state index is -0.490. The molecule has 0 saturated heterocycles. The third-order valence-corrected chi connectivity index (χ3v) is 3.25. The van der Waals surface area contributed by atoms with Gasteiger partial charge in [0, 0.05) is 22.3 Å². The van der Waals surface area contributed by atoms with Gasteiger partial charge in [-0.25, -0.2) is 9.37 Å². The van der Waals surface area contributed by atoms with Crippen LogP contribution in [-0.4, -0.2) is 17.4 Å². The molecule has 21 heavy (non-hydrogen) atoms. The SMILES string of the molecule is CCNc1cc(C(=O)Nc2ccc(Br)cc2F)cc(C)n1. The van der Waals surface area contributed by atoms with Crippen molar-refractivity contribution in [1.82, 2.24) is 4.98 Å². The van der Waals surface area contributed by atoms with E-state index in [1.54, 1.807) is 25.1 Å². The molecule has 1 amide bonds. The molecule has 1 heterocycles. The normalized spacial score (nSPS) is 10.3. The first-order valence-corrected chi connectivity index (χ1v) is 7.28. The van der Waals surface area contributed by atoms with Crippen LogP contribution in [0.4, 0.5) is 15.9 Å². The van der Waals surface area contributed by atoms with Crippen LogP contribution in [0.1, 0.15) is 23.0 Å². The quantitative estimate of drug-likeness (QED) is 0.875. The van der Waals surface area contributed by atoms with Crippen LogP contribution in [-0.2, 0) is 0 Å². The molecule has 0 atom stereocenters. The van der Waals surface area contributed by atoms with Crippen molar-refractivity contribution in [2.24, 2.45) is 0 Å². The average molecular weight is 352 g/mol. The Hall–Kier alpha value is -1.95. The molecule has 2 rings (SSSR count). The zero-order chi connectivity index (χ0) is 15.4. The van der Waals surface area contributed by atoms with Crippen LogP contribution in [0.15, 0.2) is 34.8 Å². The number of nitrogens with zero attached hydrogens (tertiary/aromatic N) is 1. The van der Waals surface area contributed by atoms with E-state index in [2.05, 4.69) is 31.5 Å². The summed E-state index contributed by atoms with van der Waals surface area (Å²) in [6, 6.07) is 7.78. The summed E-state index contributed by atoms with van der Waals surface area (Å²) in [7, 11) is 0. The number of hydrogen-bond donors (Lipinski definition) is 2. The Bertz CT molecular complexity index is 676. The van der Waals surface area contributed by atoms with Crippen molar-refractivity contribution in [3.8, 4) is 0 Å². The van der Waals surface area contributed by atoms with E-state index >= 15 is 0 Å². The number of rotatable bonds is 4. The second kappa shape index (κ2) is 6.67. The van der Waals surface area contributed by atoms with Gasteiger partial charge in [0.1, 0.15) is 11.6 Å². The van der Waals surface area contributed by atoms with Crippen molar-refractivity contribution >= 4 is 33.3 Å². The van der Waals surface area contributed by atoms with Crippen LogP contribution in [0.25, 0.3) is 0 Å². The molecule has 0 spiro atoms. The third-order valence-electron chi connectivity index (χ3n) is 2.75. The number of amides is 1. The minimum absolute atomic E-state index is 0.141. The Kier molecular flexibility index (Phi) is 4.90. The summed E-state index contributed by atoms with van der Waals surface area (Å²) in [5.41, 5.74) is 1.29. The zero-order valence-corrected chi connectivity index (χ0v) is 13.3. The first kappa shape index (κ1) is 15.4. The highest BCUT2D eigenvalue weighted by atomic mass is 79.9. The Balaban J connectivity index is 2.23. The molecule has 2 aromatic rings. The van der Waals surface area contributed by atoms with Crippen molar-refractivity contribution in [3.05, 3.63) is 51.9 Å². The summed E-state index contributed by atoms with van der Waals surface area (Å²) in [5.74, 6) is -0.241. The molecular formula is C15H15BrFN3O. The number of aryl methyl sites for hydroxylation is 1. The molecule has 0 aliphatic heterocycles. The molecule has 1 aromatic heterocycles. The Labute approximate surface area is 130 Å². The number of carbonyl (C=O) groups excluding carboxylic acids is 1. The highest BCUT2D eigenvalue weighted by Crippen LogP contribution is 2.20. The Morgan fingerprint density at radius 2 is 2.10 bits per heavy atom. The lowest BCUT2D eigenvalue weighted by Gasteiger charge is -2.09. The number of aromatic nitrogens is 1. The Morgan fingerprint density at radius 3 is 2.76 bits per heavy atom. The fourth-order valence-corrected chi connectivity index (χ4v) is 2.19. The molecule has 0 bridgehead atoms. The largest absolute Gasteiger partial charge is 0.370 e. The van der Waals surface area contributed by atoms with Gasteiger partial charge in [-0.15, -0.1) is 0 Å². The number of pyridine rings is 1. The summed E-state index contributed by atoms with van der Waals surface area (Å²) in [5, 5.41) is 5.61. The van der Waals surface area contributed by atoms with Gasteiger partial charge in [0.05, 0.1) is 5.69 Å². The van der Waals surface area contributed by atoms with Crippen molar-refractivity contribution < 1.29 is 9.18 Å². The van der Waals surface area contributed by atoms with Gasteiger partial charge >= 0.3 is 0 Å². The lowest BCUT2D eigenvalue weighted by atomic mass is 10.2. The maximum Gasteiger partial charge on any atom is 0.255 e. The first-order valence-electron chi connectivity index (χ1n) is 6.48. The van der Waals surface area contributed by atoms with E-state index in [0.29, 0.717) is 22.4 Å². The summed E-state index contributed by atoms with van der Waals surface area (Å²) in [6.45, 7) is 4.46. The molecule has 0 aliphatic rings. The molecule has 6 heteroatoms. The molecule has 4 nitrogen and oxygen atoms in total. The average Bonchev–Trinajstić information content (AvgIpc) is 2.41. The standard InChI is InChI=1S/C15H15BrFN3O/c1-3-18-14-7-10(6-9(2)19-14)15(21)20-13-5-4-11(16)8-12(13)17/h4-8H,3H2,1-2H3,(H,18,19)(H,20,21). The predicted molar refractivity (Wildman–Crippen MR) is 85.2 cm³/mol. The van der Waals surface area contributed by atoms with Crippen LogP contribution in [0.5, 0.6) is 0 Å². The molecule has 0 unspecified atom stereocenters. The fourth-order valence-electron chi connectivity index (χ4n) is 1.86. The Morgan fingerprint density at radius 1 is 1.33 bits per heavy atom. The fraction of sp³-hybridized carbons (Fsp3) is 0.200. The van der Waals surface area contributed by atoms with E-state index < -0.39 is 5.82 Å². The van der Waals surface area contributed by atoms with Crippen LogP contribution < -0.4 is 10.6 Å². The van der Waals surface area contributed by atoms with E-state index in [0.717, 1.165) is 5.69 Å². The number of benzene rings is 1. The number of nitrogens with one attached hydrogen (secondary N) is 2. The summed E-state index contributed by atoms with van der Waals surface area (Å²) >= 11 is 3.17. The molecule has 0 saturated carbocycles. The predicted octanol–water partition coefficient (Wildman–Crippen LogP) is 3.98. The molecule has 0 fully saturated rings. The van der Waals surface area contributed by atoms with Gasteiger partial charge in [-0.3, -0.25) is 4.79 Å². The van der Waals surface area contributed by atoms with Crippen LogP contribution in [0.3, 0.4) is 0 Å². The second-order valence-corrected chi connectivity index (χ2v) is 5.41. The van der Waals surface area contributed by atoms with E-state index in [-0.39, 0.29) is 11.6 Å². The first-order chi connectivity index (χ1) is 9.99. The lowest BCUT2D eigenvalue weighted by Crippen LogP contribution is -2.14. The highest BCUT2D eigenvalue weighted by molar-refractivity contribution is 9.10. The van der Waals surface area contributed by atoms with Crippen molar-refractivity contribution in [2.45, 2.75) is 13.8 Å². The summed E-state index contributed by atoms with van der Waals surface area (Å²) in [6.07, 6.45) is 0. The summed E-state index contributed by atoms with van der Waals surface area (Å²) < 4.78 is 14.4. The van der Waals surface area contributed by atoms with Crippen LogP contribution in [0.2, 0.25) is 0 Å². The molecule has 110 valence electrons. The number of carbonyl (C=O) groups is 1. The van der Waals surface area contributed by atoms with Gasteiger partial charge in [-0.05, 0) is 44.2 Å². The number of anilines is 2. The molecule has 2 N–H and O–H groups in total. The highest BCUT2D eigenvalue weighted by Gasteiger charge is 2.11. The monoisotopic (exact) mass is 351 g/mol. The molecule has 1 aromatic carbocycles.